The highest BCUT2D eigenvalue weighted by molar-refractivity contribution is 5.98. The number of hydrogen-bond acceptors (Lipinski definition) is 2. The lowest BCUT2D eigenvalue weighted by molar-refractivity contribution is -0.132. The molecule has 24 heavy (non-hydrogen) atoms. The molecule has 2 rings (SSSR count). The lowest BCUT2D eigenvalue weighted by Gasteiger charge is -2.17. The van der Waals surface area contributed by atoms with E-state index in [2.05, 4.69) is 15.6 Å². The molecule has 1 aromatic rings. The Morgan fingerprint density at radius 3 is 2.75 bits per heavy atom. The number of para-hydroxylation sites is 1. The molecule has 8 heteroatoms. The molecule has 0 aromatic heterocycles. The summed E-state index contributed by atoms with van der Waals surface area (Å²) in [5.74, 6) is 0.0376. The van der Waals surface area contributed by atoms with E-state index in [1.54, 1.807) is 11.8 Å². The Morgan fingerprint density at radius 1 is 1.29 bits per heavy atom. The van der Waals surface area contributed by atoms with Gasteiger partial charge in [-0.25, -0.2) is 4.99 Å². The average Bonchev–Trinajstić information content (AvgIpc) is 2.95. The first-order valence-electron chi connectivity index (χ1n) is 7.88. The third-order valence-corrected chi connectivity index (χ3v) is 3.61. The van der Waals surface area contributed by atoms with Crippen molar-refractivity contribution in [2.45, 2.75) is 25.9 Å². The van der Waals surface area contributed by atoms with E-state index in [4.69, 9.17) is 0 Å². The van der Waals surface area contributed by atoms with Gasteiger partial charge in [-0.2, -0.15) is 13.2 Å². The summed E-state index contributed by atoms with van der Waals surface area (Å²) in [7, 11) is 0. The van der Waals surface area contributed by atoms with Crippen LogP contribution in [0.4, 0.5) is 18.9 Å². The number of nitrogens with zero attached hydrogens (tertiary/aromatic N) is 2. The highest BCUT2D eigenvalue weighted by Gasteiger charge is 2.26. The van der Waals surface area contributed by atoms with E-state index in [9.17, 15) is 18.0 Å². The Bertz CT molecular complexity index is 601. The van der Waals surface area contributed by atoms with Crippen molar-refractivity contribution in [1.29, 1.82) is 0 Å². The standard InChI is InChI=1S/C16H21F3N4O/c1-2-20-15(21-9-8-16(17,18)19)22-11-14(24)23-10-7-12-5-3-4-6-13(12)23/h3-6H,2,7-11H2,1H3,(H2,20,21,22). The molecule has 5 nitrogen and oxygen atoms in total. The van der Waals surface area contributed by atoms with Crippen LogP contribution >= 0.6 is 0 Å². The quantitative estimate of drug-likeness (QED) is 0.636. The lowest BCUT2D eigenvalue weighted by atomic mass is 10.2. The molecule has 1 aliphatic heterocycles. The van der Waals surface area contributed by atoms with Crippen LogP contribution in [0.15, 0.2) is 29.3 Å². The van der Waals surface area contributed by atoms with Crippen LogP contribution in [-0.4, -0.2) is 44.2 Å². The second kappa shape index (κ2) is 8.03. The number of carbonyl (C=O) groups is 1. The number of halogens is 3. The van der Waals surface area contributed by atoms with E-state index in [0.717, 1.165) is 17.7 Å². The molecule has 0 spiro atoms. The summed E-state index contributed by atoms with van der Waals surface area (Å²) < 4.78 is 36.6. The van der Waals surface area contributed by atoms with Gasteiger partial charge in [0.15, 0.2) is 5.96 Å². The van der Waals surface area contributed by atoms with Gasteiger partial charge >= 0.3 is 6.18 Å². The zero-order chi connectivity index (χ0) is 17.6. The number of amides is 1. The highest BCUT2D eigenvalue weighted by atomic mass is 19.4. The molecule has 0 saturated carbocycles. The maximum absolute atomic E-state index is 12.3. The van der Waals surface area contributed by atoms with Crippen molar-refractivity contribution in [2.24, 2.45) is 4.99 Å². The van der Waals surface area contributed by atoms with Crippen molar-refractivity contribution in [3.63, 3.8) is 0 Å². The van der Waals surface area contributed by atoms with Crippen LogP contribution < -0.4 is 15.5 Å². The molecule has 0 bridgehead atoms. The second-order valence-corrected chi connectivity index (χ2v) is 5.41. The van der Waals surface area contributed by atoms with Crippen molar-refractivity contribution >= 4 is 17.6 Å². The largest absolute Gasteiger partial charge is 0.390 e. The maximum Gasteiger partial charge on any atom is 0.390 e. The van der Waals surface area contributed by atoms with Crippen LogP contribution in [-0.2, 0) is 11.2 Å². The van der Waals surface area contributed by atoms with Crippen LogP contribution in [0.25, 0.3) is 0 Å². The van der Waals surface area contributed by atoms with E-state index in [-0.39, 0.29) is 25.0 Å². The molecular formula is C16H21F3N4O. The molecule has 0 atom stereocenters. The molecule has 0 aliphatic carbocycles. The van der Waals surface area contributed by atoms with Gasteiger partial charge in [0.1, 0.15) is 6.54 Å². The van der Waals surface area contributed by atoms with Crippen molar-refractivity contribution in [1.82, 2.24) is 10.6 Å². The Labute approximate surface area is 138 Å². The predicted octanol–water partition coefficient (Wildman–Crippen LogP) is 2.08. The molecule has 1 amide bonds. The number of rotatable bonds is 5. The highest BCUT2D eigenvalue weighted by Crippen LogP contribution is 2.27. The van der Waals surface area contributed by atoms with Crippen molar-refractivity contribution in [3.05, 3.63) is 29.8 Å². The second-order valence-electron chi connectivity index (χ2n) is 5.41. The molecular weight excluding hydrogens is 321 g/mol. The van der Waals surface area contributed by atoms with Crippen LogP contribution in [0.1, 0.15) is 18.9 Å². The number of nitrogens with one attached hydrogen (secondary N) is 2. The summed E-state index contributed by atoms with van der Waals surface area (Å²) >= 11 is 0. The molecule has 1 aromatic carbocycles. The van der Waals surface area contributed by atoms with E-state index in [1.165, 1.54) is 0 Å². The molecule has 0 fully saturated rings. The van der Waals surface area contributed by atoms with E-state index >= 15 is 0 Å². The third kappa shape index (κ3) is 5.14. The first-order valence-corrected chi connectivity index (χ1v) is 7.88. The predicted molar refractivity (Wildman–Crippen MR) is 87.2 cm³/mol. The normalized spacial score (nSPS) is 14.5. The molecule has 0 radical (unpaired) electrons. The number of carbonyl (C=O) groups excluding carboxylic acids is 1. The Morgan fingerprint density at radius 2 is 2.04 bits per heavy atom. The summed E-state index contributed by atoms with van der Waals surface area (Å²) in [5, 5.41) is 5.43. The van der Waals surface area contributed by atoms with Gasteiger partial charge in [-0.3, -0.25) is 4.79 Å². The minimum absolute atomic E-state index is 0.115. The lowest BCUT2D eigenvalue weighted by Crippen LogP contribution is -2.40. The summed E-state index contributed by atoms with van der Waals surface area (Å²) in [6, 6.07) is 7.67. The summed E-state index contributed by atoms with van der Waals surface area (Å²) in [6.45, 7) is 2.51. The number of aliphatic imine (C=N–C) groups is 1. The van der Waals surface area contributed by atoms with Gasteiger partial charge in [-0.05, 0) is 25.0 Å². The molecule has 0 unspecified atom stereocenters. The zero-order valence-electron chi connectivity index (χ0n) is 13.5. The Balaban J connectivity index is 1.92. The van der Waals surface area contributed by atoms with Gasteiger partial charge in [0.05, 0.1) is 6.42 Å². The van der Waals surface area contributed by atoms with Crippen LogP contribution in [0.2, 0.25) is 0 Å². The number of benzene rings is 1. The molecule has 1 aliphatic rings. The summed E-state index contributed by atoms with van der Waals surface area (Å²) in [6.07, 6.45) is -4.38. The number of anilines is 1. The van der Waals surface area contributed by atoms with Crippen LogP contribution in [0.3, 0.4) is 0 Å². The Hall–Kier alpha value is -2.25. The van der Waals surface area contributed by atoms with Gasteiger partial charge < -0.3 is 15.5 Å². The number of alkyl halides is 3. The van der Waals surface area contributed by atoms with Gasteiger partial charge in [-0.15, -0.1) is 0 Å². The minimum atomic E-state index is -4.22. The van der Waals surface area contributed by atoms with Crippen molar-refractivity contribution in [3.8, 4) is 0 Å². The fourth-order valence-electron chi connectivity index (χ4n) is 2.49. The van der Waals surface area contributed by atoms with Gasteiger partial charge in [0.2, 0.25) is 5.91 Å². The first kappa shape index (κ1) is 18.1. The summed E-state index contributed by atoms with van der Waals surface area (Å²) in [4.78, 5) is 18.1. The van der Waals surface area contributed by atoms with Gasteiger partial charge in [0.25, 0.3) is 0 Å². The van der Waals surface area contributed by atoms with E-state index in [1.807, 2.05) is 24.3 Å². The monoisotopic (exact) mass is 342 g/mol. The fraction of sp³-hybridized carbons (Fsp3) is 0.500. The Kier molecular flexibility index (Phi) is 6.05. The van der Waals surface area contributed by atoms with Gasteiger partial charge in [0, 0.05) is 25.3 Å². The smallest absolute Gasteiger partial charge is 0.357 e. The maximum atomic E-state index is 12.3. The van der Waals surface area contributed by atoms with Gasteiger partial charge in [-0.1, -0.05) is 18.2 Å². The zero-order valence-corrected chi connectivity index (χ0v) is 13.5. The molecule has 0 saturated heterocycles. The topological polar surface area (TPSA) is 56.7 Å². The number of guanidine groups is 1. The fourth-order valence-corrected chi connectivity index (χ4v) is 2.49. The molecule has 1 heterocycles. The summed E-state index contributed by atoms with van der Waals surface area (Å²) in [5.41, 5.74) is 2.00. The molecule has 2 N–H and O–H groups in total. The van der Waals surface area contributed by atoms with Crippen LogP contribution in [0.5, 0.6) is 0 Å². The van der Waals surface area contributed by atoms with E-state index < -0.39 is 12.6 Å². The minimum Gasteiger partial charge on any atom is -0.357 e. The van der Waals surface area contributed by atoms with Crippen LogP contribution in [0, 0.1) is 0 Å². The van der Waals surface area contributed by atoms with Crippen molar-refractivity contribution < 1.29 is 18.0 Å². The molecule has 132 valence electrons. The number of hydrogen-bond donors (Lipinski definition) is 2. The first-order chi connectivity index (χ1) is 11.4. The van der Waals surface area contributed by atoms with Crippen molar-refractivity contribution in [2.75, 3.05) is 31.1 Å². The van der Waals surface area contributed by atoms with E-state index in [0.29, 0.717) is 13.1 Å². The average molecular weight is 342 g/mol. The number of fused-ring (bicyclic) bond motifs is 1. The third-order valence-electron chi connectivity index (χ3n) is 3.61. The SMILES string of the molecule is CCNC(=NCC(=O)N1CCc2ccccc21)NCCC(F)(F)F.